The summed E-state index contributed by atoms with van der Waals surface area (Å²) in [7, 11) is 1.86. The van der Waals surface area contributed by atoms with Crippen LogP contribution in [0.1, 0.15) is 17.5 Å². The van der Waals surface area contributed by atoms with E-state index in [2.05, 4.69) is 39.8 Å². The maximum atomic E-state index is 11.5. The van der Waals surface area contributed by atoms with Crippen molar-refractivity contribution in [3.8, 4) is 0 Å². The van der Waals surface area contributed by atoms with Crippen LogP contribution in [0.15, 0.2) is 24.3 Å². The highest BCUT2D eigenvalue weighted by Crippen LogP contribution is 2.17. The van der Waals surface area contributed by atoms with Crippen LogP contribution >= 0.6 is 24.8 Å². The first-order valence-electron chi connectivity index (χ1n) is 7.00. The first kappa shape index (κ1) is 20.2. The molecule has 1 aromatic rings. The lowest BCUT2D eigenvalue weighted by atomic mass is 10.00. The lowest BCUT2D eigenvalue weighted by molar-refractivity contribution is -0.121. The van der Waals surface area contributed by atoms with Gasteiger partial charge in [0.2, 0.25) is 5.91 Å². The van der Waals surface area contributed by atoms with Crippen LogP contribution in [0.2, 0.25) is 0 Å². The van der Waals surface area contributed by atoms with Crippen LogP contribution in [0.25, 0.3) is 0 Å². The third-order valence-electron chi connectivity index (χ3n) is 3.56. The Morgan fingerprint density at radius 2 is 1.90 bits per heavy atom. The Labute approximate surface area is 139 Å². The third-order valence-corrected chi connectivity index (χ3v) is 3.56. The summed E-state index contributed by atoms with van der Waals surface area (Å²) in [6.07, 6.45) is 1.67. The minimum absolute atomic E-state index is 0. The van der Waals surface area contributed by atoms with Crippen molar-refractivity contribution < 1.29 is 4.79 Å². The Morgan fingerprint density at radius 1 is 1.19 bits per heavy atom. The normalized spacial score (nSPS) is 13.6. The molecule has 2 N–H and O–H groups in total. The molecule has 0 aliphatic carbocycles. The molecule has 4 nitrogen and oxygen atoms in total. The molecular formula is C15H25Cl2N3O. The lowest BCUT2D eigenvalue weighted by Crippen LogP contribution is -2.38. The molecule has 1 amide bonds. The van der Waals surface area contributed by atoms with Crippen LogP contribution in [0.4, 0.5) is 0 Å². The summed E-state index contributed by atoms with van der Waals surface area (Å²) in [5.41, 5.74) is 2.90. The average Bonchev–Trinajstić information content (AvgIpc) is 2.45. The van der Waals surface area contributed by atoms with E-state index >= 15 is 0 Å². The molecule has 6 heteroatoms. The highest BCUT2D eigenvalue weighted by atomic mass is 35.5. The number of halogens is 2. The predicted octanol–water partition coefficient (Wildman–Crippen LogP) is 1.61. The molecule has 0 spiro atoms. The van der Waals surface area contributed by atoms with Gasteiger partial charge in [-0.25, -0.2) is 0 Å². The van der Waals surface area contributed by atoms with Crippen molar-refractivity contribution in [3.63, 3.8) is 0 Å². The highest BCUT2D eigenvalue weighted by molar-refractivity contribution is 5.85. The van der Waals surface area contributed by atoms with Crippen LogP contribution in [-0.2, 0) is 17.8 Å². The second-order valence-electron chi connectivity index (χ2n) is 5.00. The molecule has 2 rings (SSSR count). The Morgan fingerprint density at radius 3 is 2.62 bits per heavy atom. The predicted molar refractivity (Wildman–Crippen MR) is 91.5 cm³/mol. The number of nitrogens with one attached hydrogen (secondary N) is 2. The van der Waals surface area contributed by atoms with Gasteiger partial charge in [0.15, 0.2) is 0 Å². The minimum Gasteiger partial charge on any atom is -0.355 e. The highest BCUT2D eigenvalue weighted by Gasteiger charge is 2.15. The fourth-order valence-electron chi connectivity index (χ4n) is 2.43. The fourth-order valence-corrected chi connectivity index (χ4v) is 2.43. The van der Waals surface area contributed by atoms with Crippen molar-refractivity contribution >= 4 is 30.7 Å². The molecule has 1 aromatic carbocycles. The Kier molecular flexibility index (Phi) is 10.4. The summed E-state index contributed by atoms with van der Waals surface area (Å²) in [5, 5.41) is 5.95. The second kappa shape index (κ2) is 10.9. The SMILES string of the molecule is CNCCC(=O)NCCN1CCc2ccccc2C1.Cl.Cl. The van der Waals surface area contributed by atoms with Gasteiger partial charge in [-0.3, -0.25) is 9.69 Å². The quantitative estimate of drug-likeness (QED) is 0.831. The Balaban J connectivity index is 0.00000200. The first-order chi connectivity index (χ1) is 9.29. The van der Waals surface area contributed by atoms with Gasteiger partial charge in [-0.05, 0) is 24.6 Å². The van der Waals surface area contributed by atoms with Gasteiger partial charge < -0.3 is 10.6 Å². The van der Waals surface area contributed by atoms with Gasteiger partial charge in [-0.15, -0.1) is 24.8 Å². The maximum absolute atomic E-state index is 11.5. The topological polar surface area (TPSA) is 44.4 Å². The van der Waals surface area contributed by atoms with Crippen molar-refractivity contribution in [2.24, 2.45) is 0 Å². The molecule has 0 aromatic heterocycles. The van der Waals surface area contributed by atoms with Crippen LogP contribution in [0.3, 0.4) is 0 Å². The molecule has 1 aliphatic rings. The van der Waals surface area contributed by atoms with E-state index in [0.717, 1.165) is 39.1 Å². The van der Waals surface area contributed by atoms with Gasteiger partial charge in [0, 0.05) is 39.1 Å². The third kappa shape index (κ3) is 6.66. The summed E-state index contributed by atoms with van der Waals surface area (Å²) >= 11 is 0. The number of carbonyl (C=O) groups excluding carboxylic acids is 1. The van der Waals surface area contributed by atoms with Crippen LogP contribution in [0.5, 0.6) is 0 Å². The van der Waals surface area contributed by atoms with E-state index in [1.807, 2.05) is 7.05 Å². The molecule has 1 heterocycles. The standard InChI is InChI=1S/C15H23N3O.2ClH/c1-16-8-6-15(19)17-9-11-18-10-7-13-4-2-3-5-14(13)12-18;;/h2-5,16H,6-12H2,1H3,(H,17,19);2*1H. The molecule has 0 saturated carbocycles. The van der Waals surface area contributed by atoms with E-state index in [-0.39, 0.29) is 30.7 Å². The van der Waals surface area contributed by atoms with Gasteiger partial charge in [0.05, 0.1) is 0 Å². The number of hydrogen-bond acceptors (Lipinski definition) is 3. The zero-order valence-corrected chi connectivity index (χ0v) is 14.1. The Hall–Kier alpha value is -0.810. The van der Waals surface area contributed by atoms with E-state index in [9.17, 15) is 4.79 Å². The zero-order valence-electron chi connectivity index (χ0n) is 12.4. The molecule has 0 bridgehead atoms. The summed E-state index contributed by atoms with van der Waals surface area (Å²) in [4.78, 5) is 13.9. The molecule has 0 radical (unpaired) electrons. The lowest BCUT2D eigenvalue weighted by Gasteiger charge is -2.28. The van der Waals surface area contributed by atoms with Crippen LogP contribution in [0, 0.1) is 0 Å². The number of nitrogens with zero attached hydrogens (tertiary/aromatic N) is 1. The number of fused-ring (bicyclic) bond motifs is 1. The molecule has 0 unspecified atom stereocenters. The second-order valence-corrected chi connectivity index (χ2v) is 5.00. The van der Waals surface area contributed by atoms with Gasteiger partial charge in [0.1, 0.15) is 0 Å². The number of carbonyl (C=O) groups is 1. The summed E-state index contributed by atoms with van der Waals surface area (Å²) in [6.45, 7) is 4.50. The number of amides is 1. The maximum Gasteiger partial charge on any atom is 0.221 e. The summed E-state index contributed by atoms with van der Waals surface area (Å²) in [5.74, 6) is 0.131. The summed E-state index contributed by atoms with van der Waals surface area (Å²) in [6, 6.07) is 8.62. The van der Waals surface area contributed by atoms with Crippen molar-refractivity contribution in [1.82, 2.24) is 15.5 Å². The molecule has 0 fully saturated rings. The van der Waals surface area contributed by atoms with Gasteiger partial charge in [-0.1, -0.05) is 24.3 Å². The van der Waals surface area contributed by atoms with E-state index in [4.69, 9.17) is 0 Å². The number of benzene rings is 1. The fraction of sp³-hybridized carbons (Fsp3) is 0.533. The number of rotatable bonds is 6. The molecule has 0 saturated heterocycles. The monoisotopic (exact) mass is 333 g/mol. The Bertz CT molecular complexity index is 429. The van der Waals surface area contributed by atoms with Crippen LogP contribution in [-0.4, -0.2) is 44.0 Å². The van der Waals surface area contributed by atoms with Gasteiger partial charge in [0.25, 0.3) is 0 Å². The van der Waals surface area contributed by atoms with Crippen molar-refractivity contribution in [2.45, 2.75) is 19.4 Å². The van der Waals surface area contributed by atoms with E-state index in [1.165, 1.54) is 11.1 Å². The minimum atomic E-state index is 0. The smallest absolute Gasteiger partial charge is 0.221 e. The molecule has 0 atom stereocenters. The first-order valence-corrected chi connectivity index (χ1v) is 7.00. The van der Waals surface area contributed by atoms with E-state index in [1.54, 1.807) is 0 Å². The number of hydrogen-bond donors (Lipinski definition) is 2. The zero-order chi connectivity index (χ0) is 13.5. The summed E-state index contributed by atoms with van der Waals surface area (Å²) < 4.78 is 0. The van der Waals surface area contributed by atoms with Crippen LogP contribution < -0.4 is 10.6 Å². The molecule has 1 aliphatic heterocycles. The van der Waals surface area contributed by atoms with Gasteiger partial charge in [-0.2, -0.15) is 0 Å². The van der Waals surface area contributed by atoms with Gasteiger partial charge >= 0.3 is 0 Å². The molecule has 21 heavy (non-hydrogen) atoms. The van der Waals surface area contributed by atoms with Crippen molar-refractivity contribution in [2.75, 3.05) is 33.2 Å². The van der Waals surface area contributed by atoms with E-state index < -0.39 is 0 Å². The van der Waals surface area contributed by atoms with Crippen molar-refractivity contribution in [3.05, 3.63) is 35.4 Å². The average molecular weight is 334 g/mol. The van der Waals surface area contributed by atoms with Crippen molar-refractivity contribution in [1.29, 1.82) is 0 Å². The largest absolute Gasteiger partial charge is 0.355 e. The van der Waals surface area contributed by atoms with E-state index in [0.29, 0.717) is 6.42 Å². The molecular weight excluding hydrogens is 309 g/mol. The molecule has 120 valence electrons.